The van der Waals surface area contributed by atoms with E-state index in [1.807, 2.05) is 12.1 Å². The fraction of sp³-hybridized carbons (Fsp3) is 0.500. The molecular formula is C12H22N2OSi2. The van der Waals surface area contributed by atoms with Gasteiger partial charge < -0.3 is 4.98 Å². The van der Waals surface area contributed by atoms with Crippen LogP contribution >= 0.6 is 0 Å². The summed E-state index contributed by atoms with van der Waals surface area (Å²) < 4.78 is 0. The van der Waals surface area contributed by atoms with Gasteiger partial charge in [-0.05, 0) is 12.1 Å². The minimum Gasteiger partial charge on any atom is -0.378 e. The molecule has 0 aliphatic heterocycles. The molecule has 0 aliphatic rings. The molecule has 0 atom stereocenters. The summed E-state index contributed by atoms with van der Waals surface area (Å²) in [5.41, 5.74) is 0.758. The van der Waals surface area contributed by atoms with E-state index in [2.05, 4.69) is 49.2 Å². The van der Waals surface area contributed by atoms with E-state index in [0.29, 0.717) is 0 Å². The molecule has 0 radical (unpaired) electrons. The van der Waals surface area contributed by atoms with Gasteiger partial charge in [0.1, 0.15) is 16.3 Å². The average Bonchev–Trinajstić information content (AvgIpc) is 2.13. The molecule has 1 heterocycles. The van der Waals surface area contributed by atoms with E-state index < -0.39 is 16.3 Å². The summed E-state index contributed by atoms with van der Waals surface area (Å²) in [6.45, 7) is 13.0. The van der Waals surface area contributed by atoms with Gasteiger partial charge in [-0.2, -0.15) is 0 Å². The molecule has 1 rings (SSSR count). The predicted octanol–water partition coefficient (Wildman–Crippen LogP) is 2.19. The van der Waals surface area contributed by atoms with Crippen LogP contribution in [-0.2, 0) is 0 Å². The number of hydrogen-bond donors (Lipinski definition) is 1. The maximum Gasteiger partial charge on any atom is 0.244 e. The Bertz CT molecular complexity index is 419. The van der Waals surface area contributed by atoms with E-state index in [9.17, 15) is 4.79 Å². The summed E-state index contributed by atoms with van der Waals surface area (Å²) in [5, 5.41) is 0.996. The third kappa shape index (κ3) is 4.09. The van der Waals surface area contributed by atoms with Crippen molar-refractivity contribution in [3.63, 3.8) is 0 Å². The Morgan fingerprint density at radius 1 is 1.18 bits per heavy atom. The number of carbonyl (C=O) groups is 1. The van der Waals surface area contributed by atoms with Crippen molar-refractivity contribution in [3.05, 3.63) is 23.9 Å². The number of carbonyl (C=O) groups excluding carboxylic acids is 1. The van der Waals surface area contributed by atoms with Crippen LogP contribution < -0.4 is 10.3 Å². The minimum absolute atomic E-state index is 0.0368. The molecule has 1 N–H and O–H groups in total. The number of amides is 1. The third-order valence-electron chi connectivity index (χ3n) is 2.25. The van der Waals surface area contributed by atoms with Crippen LogP contribution in [-0.4, -0.2) is 27.2 Å². The van der Waals surface area contributed by atoms with Gasteiger partial charge in [-0.25, -0.2) is 0 Å². The highest BCUT2D eigenvalue weighted by Crippen LogP contribution is 2.06. The van der Waals surface area contributed by atoms with Crippen LogP contribution in [0.5, 0.6) is 0 Å². The maximum atomic E-state index is 12.2. The molecule has 94 valence electrons. The number of pyridine rings is 1. The summed E-state index contributed by atoms with van der Waals surface area (Å²) in [7, 11) is -3.17. The molecule has 5 heteroatoms. The van der Waals surface area contributed by atoms with E-state index in [1.54, 1.807) is 6.20 Å². The summed E-state index contributed by atoms with van der Waals surface area (Å²) in [5.74, 6) is 0.0368. The number of nitrogens with one attached hydrogen (secondary N) is 1. The second-order valence-corrected chi connectivity index (χ2v) is 16.1. The van der Waals surface area contributed by atoms with Crippen molar-refractivity contribution in [1.82, 2.24) is 9.97 Å². The van der Waals surface area contributed by atoms with Crippen molar-refractivity contribution in [2.75, 3.05) is 0 Å². The first-order valence-corrected chi connectivity index (χ1v) is 12.9. The SMILES string of the molecule is C[Si](C)(C)NC(=O)c1cccnc1[Si](C)(C)C. The van der Waals surface area contributed by atoms with Gasteiger partial charge in [0.05, 0.1) is 5.56 Å². The summed E-state index contributed by atoms with van der Waals surface area (Å²) >= 11 is 0. The molecule has 0 fully saturated rings. The molecule has 17 heavy (non-hydrogen) atoms. The van der Waals surface area contributed by atoms with E-state index >= 15 is 0 Å². The Hall–Kier alpha value is -0.946. The van der Waals surface area contributed by atoms with Gasteiger partial charge >= 0.3 is 0 Å². The van der Waals surface area contributed by atoms with Crippen LogP contribution in [0.3, 0.4) is 0 Å². The lowest BCUT2D eigenvalue weighted by atomic mass is 10.3. The van der Waals surface area contributed by atoms with Gasteiger partial charge in [-0.15, -0.1) is 0 Å². The Kier molecular flexibility index (Phi) is 3.93. The zero-order valence-electron chi connectivity index (χ0n) is 11.6. The van der Waals surface area contributed by atoms with Gasteiger partial charge in [0.15, 0.2) is 0 Å². The van der Waals surface area contributed by atoms with Crippen molar-refractivity contribution in [2.45, 2.75) is 39.3 Å². The maximum absolute atomic E-state index is 12.2. The van der Waals surface area contributed by atoms with Crippen molar-refractivity contribution < 1.29 is 4.79 Å². The first-order valence-electron chi connectivity index (χ1n) is 5.89. The standard InChI is InChI=1S/C12H22N2OSi2/c1-16(2,3)12-10(8-7-9-13-12)11(15)14-17(4,5)6/h7-9H,1-6H3,(H,14,15). The lowest BCUT2D eigenvalue weighted by Crippen LogP contribution is -2.50. The Morgan fingerprint density at radius 3 is 2.24 bits per heavy atom. The van der Waals surface area contributed by atoms with Gasteiger partial charge in [0, 0.05) is 11.5 Å². The van der Waals surface area contributed by atoms with Crippen molar-refractivity contribution in [1.29, 1.82) is 0 Å². The van der Waals surface area contributed by atoms with Gasteiger partial charge in [-0.3, -0.25) is 9.78 Å². The van der Waals surface area contributed by atoms with E-state index in [1.165, 1.54) is 0 Å². The van der Waals surface area contributed by atoms with Crippen LogP contribution in [0.25, 0.3) is 0 Å². The highest BCUT2D eigenvalue weighted by atomic mass is 28.3. The van der Waals surface area contributed by atoms with Crippen LogP contribution in [0, 0.1) is 0 Å². The minimum atomic E-state index is -1.60. The molecule has 0 bridgehead atoms. The molecule has 0 spiro atoms. The normalized spacial score (nSPS) is 12.4. The number of nitrogens with zero attached hydrogens (tertiary/aromatic N) is 1. The van der Waals surface area contributed by atoms with Crippen LogP contribution in [0.1, 0.15) is 10.4 Å². The number of aromatic nitrogens is 1. The lowest BCUT2D eigenvalue weighted by Gasteiger charge is -2.22. The third-order valence-corrected chi connectivity index (χ3v) is 5.05. The predicted molar refractivity (Wildman–Crippen MR) is 78.0 cm³/mol. The van der Waals surface area contributed by atoms with Gasteiger partial charge in [0.25, 0.3) is 0 Å². The van der Waals surface area contributed by atoms with E-state index in [4.69, 9.17) is 0 Å². The molecule has 1 aromatic heterocycles. The second kappa shape index (κ2) is 4.74. The number of hydrogen-bond acceptors (Lipinski definition) is 2. The largest absolute Gasteiger partial charge is 0.378 e. The van der Waals surface area contributed by atoms with E-state index in [0.717, 1.165) is 10.9 Å². The molecule has 0 saturated carbocycles. The van der Waals surface area contributed by atoms with Crippen LogP contribution in [0.15, 0.2) is 18.3 Å². The zero-order valence-corrected chi connectivity index (χ0v) is 13.6. The molecule has 3 nitrogen and oxygen atoms in total. The first kappa shape index (κ1) is 14.1. The monoisotopic (exact) mass is 266 g/mol. The lowest BCUT2D eigenvalue weighted by molar-refractivity contribution is 0.0979. The first-order chi connectivity index (χ1) is 7.61. The summed E-state index contributed by atoms with van der Waals surface area (Å²) in [6.07, 6.45) is 1.78. The quantitative estimate of drug-likeness (QED) is 0.852. The molecule has 0 unspecified atom stereocenters. The molecule has 0 saturated heterocycles. The second-order valence-electron chi connectivity index (χ2n) is 6.35. The highest BCUT2D eigenvalue weighted by Gasteiger charge is 2.26. The van der Waals surface area contributed by atoms with Crippen LogP contribution in [0.2, 0.25) is 39.3 Å². The van der Waals surface area contributed by atoms with Crippen molar-refractivity contribution in [2.24, 2.45) is 0 Å². The fourth-order valence-corrected chi connectivity index (χ4v) is 3.88. The molecule has 0 aliphatic carbocycles. The number of rotatable bonds is 3. The molecular weight excluding hydrogens is 244 g/mol. The molecule has 0 aromatic carbocycles. The summed E-state index contributed by atoms with van der Waals surface area (Å²) in [4.78, 5) is 19.8. The van der Waals surface area contributed by atoms with Crippen molar-refractivity contribution >= 4 is 27.5 Å². The highest BCUT2D eigenvalue weighted by molar-refractivity contribution is 6.89. The topological polar surface area (TPSA) is 42.0 Å². The zero-order chi connectivity index (χ0) is 13.3. The van der Waals surface area contributed by atoms with E-state index in [-0.39, 0.29) is 5.91 Å². The Labute approximate surface area is 106 Å². The smallest absolute Gasteiger partial charge is 0.244 e. The summed E-state index contributed by atoms with van der Waals surface area (Å²) in [6, 6.07) is 3.72. The average molecular weight is 266 g/mol. The Morgan fingerprint density at radius 2 is 1.76 bits per heavy atom. The van der Waals surface area contributed by atoms with Crippen LogP contribution in [0.4, 0.5) is 0 Å². The Balaban J connectivity index is 3.11. The molecule has 1 amide bonds. The molecule has 1 aromatic rings. The van der Waals surface area contributed by atoms with Gasteiger partial charge in [-0.1, -0.05) is 39.3 Å². The fourth-order valence-electron chi connectivity index (χ4n) is 1.59. The van der Waals surface area contributed by atoms with Crippen molar-refractivity contribution in [3.8, 4) is 0 Å². The van der Waals surface area contributed by atoms with Gasteiger partial charge in [0.2, 0.25) is 5.91 Å².